The van der Waals surface area contributed by atoms with Gasteiger partial charge < -0.3 is 5.73 Å². The van der Waals surface area contributed by atoms with E-state index in [1.165, 1.54) is 16.9 Å². The van der Waals surface area contributed by atoms with E-state index in [1.54, 1.807) is 20.9 Å². The fourth-order valence-electron chi connectivity index (χ4n) is 0.980. The summed E-state index contributed by atoms with van der Waals surface area (Å²) in [6.07, 6.45) is 1.43. The molecule has 0 unspecified atom stereocenters. The predicted molar refractivity (Wildman–Crippen MR) is 56.7 cm³/mol. The van der Waals surface area contributed by atoms with E-state index in [-0.39, 0.29) is 11.6 Å². The average molecular weight is 232 g/mol. The first kappa shape index (κ1) is 12.2. The van der Waals surface area contributed by atoms with Crippen LogP contribution in [0.25, 0.3) is 0 Å². The van der Waals surface area contributed by atoms with Gasteiger partial charge >= 0.3 is 0 Å². The monoisotopic (exact) mass is 232 g/mol. The Hall–Kier alpha value is -0.920. The molecule has 7 heteroatoms. The van der Waals surface area contributed by atoms with Crippen LogP contribution in [0.1, 0.15) is 13.8 Å². The van der Waals surface area contributed by atoms with E-state index in [4.69, 9.17) is 5.73 Å². The van der Waals surface area contributed by atoms with Gasteiger partial charge in [-0.25, -0.2) is 13.1 Å². The van der Waals surface area contributed by atoms with E-state index >= 15 is 0 Å². The van der Waals surface area contributed by atoms with Gasteiger partial charge in [0, 0.05) is 19.1 Å². The Labute approximate surface area is 89.5 Å². The van der Waals surface area contributed by atoms with Gasteiger partial charge in [-0.15, -0.1) is 0 Å². The molecule has 0 saturated carbocycles. The highest BCUT2D eigenvalue weighted by molar-refractivity contribution is 7.89. The van der Waals surface area contributed by atoms with Crippen molar-refractivity contribution in [3.05, 3.63) is 12.3 Å². The number of rotatable bonds is 4. The smallest absolute Gasteiger partial charge is 0.257 e. The third-order valence-electron chi connectivity index (χ3n) is 1.77. The van der Waals surface area contributed by atoms with Crippen molar-refractivity contribution in [3.8, 4) is 0 Å². The Balaban J connectivity index is 2.82. The van der Waals surface area contributed by atoms with Crippen LogP contribution in [0.3, 0.4) is 0 Å². The molecule has 15 heavy (non-hydrogen) atoms. The van der Waals surface area contributed by atoms with Crippen molar-refractivity contribution >= 4 is 10.0 Å². The zero-order valence-corrected chi connectivity index (χ0v) is 9.87. The Kier molecular flexibility index (Phi) is 3.17. The zero-order valence-electron chi connectivity index (χ0n) is 9.06. The van der Waals surface area contributed by atoms with Crippen LogP contribution < -0.4 is 10.5 Å². The van der Waals surface area contributed by atoms with Gasteiger partial charge in [0.2, 0.25) is 0 Å². The van der Waals surface area contributed by atoms with E-state index in [0.717, 1.165) is 0 Å². The molecule has 1 aromatic rings. The zero-order chi connectivity index (χ0) is 11.7. The first-order valence-electron chi connectivity index (χ1n) is 4.49. The first-order valence-corrected chi connectivity index (χ1v) is 5.97. The van der Waals surface area contributed by atoms with Crippen LogP contribution in [0.5, 0.6) is 0 Å². The van der Waals surface area contributed by atoms with Crippen LogP contribution in [0.4, 0.5) is 0 Å². The van der Waals surface area contributed by atoms with Gasteiger partial charge in [0.1, 0.15) is 0 Å². The van der Waals surface area contributed by atoms with Crippen molar-refractivity contribution in [2.45, 2.75) is 24.4 Å². The fourth-order valence-corrected chi connectivity index (χ4v) is 2.33. The van der Waals surface area contributed by atoms with Crippen LogP contribution in [-0.2, 0) is 17.1 Å². The Bertz CT molecular complexity index is 430. The molecule has 0 fully saturated rings. The highest BCUT2D eigenvalue weighted by Crippen LogP contribution is 2.06. The second-order valence-electron chi connectivity index (χ2n) is 4.11. The SMILES string of the molecule is Cn1nccc1S(=O)(=O)NCC(C)(C)N. The van der Waals surface area contributed by atoms with E-state index in [1.807, 2.05) is 0 Å². The van der Waals surface area contributed by atoms with Crippen molar-refractivity contribution in [1.82, 2.24) is 14.5 Å². The van der Waals surface area contributed by atoms with E-state index in [0.29, 0.717) is 0 Å². The maximum absolute atomic E-state index is 11.7. The summed E-state index contributed by atoms with van der Waals surface area (Å²) in [5, 5.41) is 3.92. The van der Waals surface area contributed by atoms with Gasteiger partial charge in [-0.2, -0.15) is 5.10 Å². The summed E-state index contributed by atoms with van der Waals surface area (Å²) in [6, 6.07) is 1.44. The van der Waals surface area contributed by atoms with E-state index in [2.05, 4.69) is 9.82 Å². The van der Waals surface area contributed by atoms with Crippen LogP contribution >= 0.6 is 0 Å². The lowest BCUT2D eigenvalue weighted by molar-refractivity contribution is 0.494. The molecule has 0 bridgehead atoms. The lowest BCUT2D eigenvalue weighted by Crippen LogP contribution is -2.45. The summed E-state index contributed by atoms with van der Waals surface area (Å²) < 4.78 is 27.2. The second-order valence-corrected chi connectivity index (χ2v) is 5.82. The molecular weight excluding hydrogens is 216 g/mol. The van der Waals surface area contributed by atoms with Crippen molar-refractivity contribution in [2.24, 2.45) is 12.8 Å². The van der Waals surface area contributed by atoms with Gasteiger partial charge in [-0.1, -0.05) is 0 Å². The minimum atomic E-state index is -3.51. The summed E-state index contributed by atoms with van der Waals surface area (Å²) >= 11 is 0. The van der Waals surface area contributed by atoms with Crippen LogP contribution in [-0.4, -0.2) is 30.3 Å². The first-order chi connectivity index (χ1) is 6.72. The standard InChI is InChI=1S/C8H16N4O2S/c1-8(2,9)6-11-15(13,14)7-4-5-10-12(7)3/h4-5,11H,6,9H2,1-3H3. The molecule has 0 aliphatic rings. The fraction of sp³-hybridized carbons (Fsp3) is 0.625. The second kappa shape index (κ2) is 3.92. The highest BCUT2D eigenvalue weighted by atomic mass is 32.2. The number of nitrogens with zero attached hydrogens (tertiary/aromatic N) is 2. The Morgan fingerprint density at radius 3 is 2.60 bits per heavy atom. The molecule has 0 aromatic carbocycles. The number of hydrogen-bond donors (Lipinski definition) is 2. The molecule has 6 nitrogen and oxygen atoms in total. The average Bonchev–Trinajstić information content (AvgIpc) is 2.47. The molecule has 0 spiro atoms. The molecule has 0 amide bonds. The van der Waals surface area contributed by atoms with Gasteiger partial charge in [0.25, 0.3) is 10.0 Å². The number of nitrogens with two attached hydrogens (primary N) is 1. The number of sulfonamides is 1. The molecule has 1 rings (SSSR count). The van der Waals surface area contributed by atoms with Gasteiger partial charge in [0.15, 0.2) is 5.03 Å². The van der Waals surface area contributed by atoms with Gasteiger partial charge in [-0.05, 0) is 19.9 Å². The molecule has 1 aromatic heterocycles. The Morgan fingerprint density at radius 1 is 1.60 bits per heavy atom. The summed E-state index contributed by atoms with van der Waals surface area (Å²) in [5.74, 6) is 0. The number of hydrogen-bond acceptors (Lipinski definition) is 4. The van der Waals surface area contributed by atoms with E-state index in [9.17, 15) is 8.42 Å². The minimum absolute atomic E-state index is 0.131. The van der Waals surface area contributed by atoms with Crippen LogP contribution in [0, 0.1) is 0 Å². The third kappa shape index (κ3) is 3.29. The van der Waals surface area contributed by atoms with Crippen molar-refractivity contribution in [2.75, 3.05) is 6.54 Å². The van der Waals surface area contributed by atoms with Gasteiger partial charge in [0.05, 0.1) is 6.20 Å². The molecule has 1 heterocycles. The molecule has 0 aliphatic carbocycles. The lowest BCUT2D eigenvalue weighted by atomic mass is 10.1. The Morgan fingerprint density at radius 2 is 2.20 bits per heavy atom. The molecule has 0 radical (unpaired) electrons. The summed E-state index contributed by atoms with van der Waals surface area (Å²) in [4.78, 5) is 0. The van der Waals surface area contributed by atoms with Crippen molar-refractivity contribution in [3.63, 3.8) is 0 Å². The molecule has 0 aliphatic heterocycles. The summed E-state index contributed by atoms with van der Waals surface area (Å²) in [7, 11) is -1.94. The number of aryl methyl sites for hydroxylation is 1. The molecule has 3 N–H and O–H groups in total. The normalized spacial score (nSPS) is 13.1. The lowest BCUT2D eigenvalue weighted by Gasteiger charge is -2.18. The van der Waals surface area contributed by atoms with Gasteiger partial charge in [-0.3, -0.25) is 4.68 Å². The number of nitrogens with one attached hydrogen (secondary N) is 1. The van der Waals surface area contributed by atoms with Crippen LogP contribution in [0.2, 0.25) is 0 Å². The maximum atomic E-state index is 11.7. The summed E-state index contributed by atoms with van der Waals surface area (Å²) in [6.45, 7) is 3.68. The maximum Gasteiger partial charge on any atom is 0.257 e. The van der Waals surface area contributed by atoms with Crippen molar-refractivity contribution in [1.29, 1.82) is 0 Å². The topological polar surface area (TPSA) is 90.0 Å². The predicted octanol–water partition coefficient (Wildman–Crippen LogP) is -0.564. The third-order valence-corrected chi connectivity index (χ3v) is 3.24. The summed E-state index contributed by atoms with van der Waals surface area (Å²) in [5.41, 5.74) is 5.11. The molecule has 0 saturated heterocycles. The van der Waals surface area contributed by atoms with Crippen molar-refractivity contribution < 1.29 is 8.42 Å². The number of aromatic nitrogens is 2. The largest absolute Gasteiger partial charge is 0.324 e. The molecular formula is C8H16N4O2S. The van der Waals surface area contributed by atoms with E-state index < -0.39 is 15.6 Å². The highest BCUT2D eigenvalue weighted by Gasteiger charge is 2.20. The van der Waals surface area contributed by atoms with Crippen LogP contribution in [0.15, 0.2) is 17.3 Å². The quantitative estimate of drug-likeness (QED) is 0.728. The molecule has 0 atom stereocenters. The molecule has 86 valence electrons. The minimum Gasteiger partial charge on any atom is -0.324 e.